The van der Waals surface area contributed by atoms with E-state index in [1.165, 1.54) is 10.4 Å². The van der Waals surface area contributed by atoms with E-state index >= 15 is 0 Å². The molecule has 2 rings (SSSR count). The van der Waals surface area contributed by atoms with Gasteiger partial charge < -0.3 is 9.84 Å². The van der Waals surface area contributed by atoms with Crippen LogP contribution >= 0.6 is 0 Å². The fourth-order valence-corrected chi connectivity index (χ4v) is 3.87. The number of nitrogens with zero attached hydrogens (tertiary/aromatic N) is 1. The summed E-state index contributed by atoms with van der Waals surface area (Å²) in [6, 6.07) is 6.58. The molecular formula is C15H22N2O5S. The second-order valence-corrected chi connectivity index (χ2v) is 7.81. The van der Waals surface area contributed by atoms with Crippen molar-refractivity contribution < 1.29 is 23.1 Å². The van der Waals surface area contributed by atoms with Gasteiger partial charge in [0.2, 0.25) is 0 Å². The van der Waals surface area contributed by atoms with E-state index < -0.39 is 21.8 Å². The zero-order valence-electron chi connectivity index (χ0n) is 13.3. The molecule has 1 aliphatic heterocycles. The molecule has 1 heterocycles. The van der Waals surface area contributed by atoms with Crippen molar-refractivity contribution in [1.29, 1.82) is 0 Å². The maximum absolute atomic E-state index is 12.3. The molecule has 0 atom stereocenters. The zero-order chi connectivity index (χ0) is 17.1. The van der Waals surface area contributed by atoms with Gasteiger partial charge in [0.1, 0.15) is 0 Å². The number of benzene rings is 1. The van der Waals surface area contributed by atoms with E-state index in [4.69, 9.17) is 9.84 Å². The lowest BCUT2D eigenvalue weighted by atomic mass is 10.1. The second kappa shape index (κ2) is 6.96. The third-order valence-electron chi connectivity index (χ3n) is 3.66. The summed E-state index contributed by atoms with van der Waals surface area (Å²) in [5.41, 5.74) is 0.285. The molecule has 0 spiro atoms. The summed E-state index contributed by atoms with van der Waals surface area (Å²) in [4.78, 5) is 11.1. The first kappa shape index (κ1) is 17.9. The molecule has 0 aromatic heterocycles. The Bertz CT molecular complexity index is 672. The lowest BCUT2D eigenvalue weighted by molar-refractivity contribution is -0.0643. The minimum atomic E-state index is -3.60. The smallest absolute Gasteiger partial charge is 0.335 e. The second-order valence-electron chi connectivity index (χ2n) is 6.05. The van der Waals surface area contributed by atoms with Crippen LogP contribution in [0.15, 0.2) is 24.3 Å². The molecule has 0 saturated carbocycles. The summed E-state index contributed by atoms with van der Waals surface area (Å²) in [5, 5.41) is 9.13. The molecule has 1 aliphatic rings. The van der Waals surface area contributed by atoms with Gasteiger partial charge in [-0.3, -0.25) is 0 Å². The Morgan fingerprint density at radius 1 is 1.39 bits per heavy atom. The first-order valence-corrected chi connectivity index (χ1v) is 8.85. The van der Waals surface area contributed by atoms with Crippen LogP contribution in [0.2, 0.25) is 0 Å². The quantitative estimate of drug-likeness (QED) is 0.800. The van der Waals surface area contributed by atoms with Crippen molar-refractivity contribution in [2.75, 3.05) is 26.2 Å². The molecule has 0 amide bonds. The minimum Gasteiger partial charge on any atom is -0.478 e. The average molecular weight is 342 g/mol. The van der Waals surface area contributed by atoms with Crippen LogP contribution in [0.1, 0.15) is 29.8 Å². The van der Waals surface area contributed by atoms with Crippen LogP contribution < -0.4 is 4.72 Å². The molecule has 1 aromatic rings. The molecule has 23 heavy (non-hydrogen) atoms. The molecular weight excluding hydrogens is 320 g/mol. The molecule has 1 fully saturated rings. The van der Waals surface area contributed by atoms with Crippen LogP contribution in [0, 0.1) is 0 Å². The van der Waals surface area contributed by atoms with Crippen LogP contribution in [0.4, 0.5) is 0 Å². The van der Waals surface area contributed by atoms with E-state index in [-0.39, 0.29) is 18.7 Å². The van der Waals surface area contributed by atoms with Gasteiger partial charge in [0.25, 0.3) is 10.2 Å². The molecule has 2 N–H and O–H groups in total. The zero-order valence-corrected chi connectivity index (χ0v) is 14.1. The Labute approximate surface area is 136 Å². The fourth-order valence-electron chi connectivity index (χ4n) is 2.53. The van der Waals surface area contributed by atoms with E-state index in [0.717, 1.165) is 0 Å². The Morgan fingerprint density at radius 3 is 2.74 bits per heavy atom. The van der Waals surface area contributed by atoms with Crippen molar-refractivity contribution in [3.05, 3.63) is 35.4 Å². The predicted octanol–water partition coefficient (Wildman–Crippen LogP) is 0.873. The van der Waals surface area contributed by atoms with Crippen molar-refractivity contribution in [2.45, 2.75) is 25.9 Å². The highest BCUT2D eigenvalue weighted by Gasteiger charge is 2.33. The number of morpholine rings is 1. The van der Waals surface area contributed by atoms with Crippen molar-refractivity contribution in [3.8, 4) is 0 Å². The van der Waals surface area contributed by atoms with Gasteiger partial charge in [-0.25, -0.2) is 9.52 Å². The van der Waals surface area contributed by atoms with Crippen molar-refractivity contribution in [2.24, 2.45) is 0 Å². The average Bonchev–Trinajstić information content (AvgIpc) is 2.46. The highest BCUT2D eigenvalue weighted by atomic mass is 32.2. The van der Waals surface area contributed by atoms with E-state index in [2.05, 4.69) is 4.72 Å². The van der Waals surface area contributed by atoms with Gasteiger partial charge in [-0.15, -0.1) is 0 Å². The standard InChI is InChI=1S/C15H22N2O5S/c1-15(2)11-17(9-10-22-15)23(20,21)16-8-7-12-5-3-4-6-13(12)14(18)19/h3-6,16H,7-11H2,1-2H3,(H,18,19). The predicted molar refractivity (Wildman–Crippen MR) is 85.6 cm³/mol. The molecule has 128 valence electrons. The summed E-state index contributed by atoms with van der Waals surface area (Å²) in [7, 11) is -3.60. The van der Waals surface area contributed by atoms with Crippen LogP contribution in [0.5, 0.6) is 0 Å². The maximum Gasteiger partial charge on any atom is 0.335 e. The van der Waals surface area contributed by atoms with E-state index in [0.29, 0.717) is 25.1 Å². The molecule has 0 aliphatic carbocycles. The summed E-state index contributed by atoms with van der Waals surface area (Å²) in [6.45, 7) is 4.79. The van der Waals surface area contributed by atoms with Gasteiger partial charge in [-0.2, -0.15) is 12.7 Å². The van der Waals surface area contributed by atoms with E-state index in [9.17, 15) is 13.2 Å². The number of hydrogen-bond donors (Lipinski definition) is 2. The third-order valence-corrected chi connectivity index (χ3v) is 5.22. The Balaban J connectivity index is 1.97. The Kier molecular flexibility index (Phi) is 5.41. The topological polar surface area (TPSA) is 95.9 Å². The van der Waals surface area contributed by atoms with Crippen LogP contribution in [0.25, 0.3) is 0 Å². The number of rotatable bonds is 6. The Hall–Kier alpha value is -1.48. The summed E-state index contributed by atoms with van der Waals surface area (Å²) >= 11 is 0. The van der Waals surface area contributed by atoms with E-state index in [1.54, 1.807) is 18.2 Å². The van der Waals surface area contributed by atoms with Gasteiger partial charge in [-0.05, 0) is 31.9 Å². The van der Waals surface area contributed by atoms with Crippen LogP contribution in [0.3, 0.4) is 0 Å². The number of aromatic carboxylic acids is 1. The molecule has 0 bridgehead atoms. The van der Waals surface area contributed by atoms with Crippen molar-refractivity contribution in [1.82, 2.24) is 9.03 Å². The summed E-state index contributed by atoms with van der Waals surface area (Å²) < 4.78 is 34.0. The van der Waals surface area contributed by atoms with Crippen LogP contribution in [-0.2, 0) is 21.4 Å². The molecule has 8 heteroatoms. The van der Waals surface area contributed by atoms with Crippen molar-refractivity contribution in [3.63, 3.8) is 0 Å². The van der Waals surface area contributed by atoms with Gasteiger partial charge >= 0.3 is 5.97 Å². The third kappa shape index (κ3) is 4.74. The molecule has 1 saturated heterocycles. The first-order valence-electron chi connectivity index (χ1n) is 7.41. The number of carboxylic acids is 1. The minimum absolute atomic E-state index is 0.143. The number of carboxylic acid groups (broad SMARTS) is 1. The highest BCUT2D eigenvalue weighted by molar-refractivity contribution is 7.87. The number of hydrogen-bond acceptors (Lipinski definition) is 4. The summed E-state index contributed by atoms with van der Waals surface area (Å²) in [5.74, 6) is -1.02. The van der Waals surface area contributed by atoms with E-state index in [1.807, 2.05) is 13.8 Å². The maximum atomic E-state index is 12.3. The highest BCUT2D eigenvalue weighted by Crippen LogP contribution is 2.18. The molecule has 0 radical (unpaired) electrons. The lowest BCUT2D eigenvalue weighted by Crippen LogP contribution is -2.53. The number of ether oxygens (including phenoxy) is 1. The monoisotopic (exact) mass is 342 g/mol. The van der Waals surface area contributed by atoms with Gasteiger partial charge in [-0.1, -0.05) is 18.2 Å². The number of nitrogens with one attached hydrogen (secondary N) is 1. The number of carbonyl (C=O) groups is 1. The SMILES string of the molecule is CC1(C)CN(S(=O)(=O)NCCc2ccccc2C(=O)O)CCO1. The van der Waals surface area contributed by atoms with Gasteiger partial charge in [0.15, 0.2) is 0 Å². The largest absolute Gasteiger partial charge is 0.478 e. The molecule has 7 nitrogen and oxygen atoms in total. The normalized spacial score (nSPS) is 18.7. The first-order chi connectivity index (χ1) is 10.7. The Morgan fingerprint density at radius 2 is 2.09 bits per heavy atom. The van der Waals surface area contributed by atoms with Crippen molar-refractivity contribution >= 4 is 16.2 Å². The fraction of sp³-hybridized carbons (Fsp3) is 0.533. The van der Waals surface area contributed by atoms with Crippen LogP contribution in [-0.4, -0.2) is 55.6 Å². The van der Waals surface area contributed by atoms with Gasteiger partial charge in [0, 0.05) is 19.6 Å². The molecule has 1 aromatic carbocycles. The summed E-state index contributed by atoms with van der Waals surface area (Å²) in [6.07, 6.45) is 0.315. The lowest BCUT2D eigenvalue weighted by Gasteiger charge is -2.37. The van der Waals surface area contributed by atoms with Gasteiger partial charge in [0.05, 0.1) is 17.8 Å². The molecule has 0 unspecified atom stereocenters.